The van der Waals surface area contributed by atoms with E-state index in [0.717, 1.165) is 18.3 Å². The van der Waals surface area contributed by atoms with E-state index in [-0.39, 0.29) is 0 Å². The van der Waals surface area contributed by atoms with Gasteiger partial charge in [0.15, 0.2) is 5.75 Å². The van der Waals surface area contributed by atoms with Crippen molar-refractivity contribution in [1.29, 1.82) is 0 Å². The third-order valence-electron chi connectivity index (χ3n) is 2.89. The van der Waals surface area contributed by atoms with E-state index in [2.05, 4.69) is 5.10 Å². The van der Waals surface area contributed by atoms with Crippen molar-refractivity contribution in [3.63, 3.8) is 0 Å². The van der Waals surface area contributed by atoms with Gasteiger partial charge >= 0.3 is 0 Å². The summed E-state index contributed by atoms with van der Waals surface area (Å²) in [4.78, 5) is 0. The summed E-state index contributed by atoms with van der Waals surface area (Å²) in [6.45, 7) is 0.867. The molecule has 0 spiro atoms. The predicted octanol–water partition coefficient (Wildman–Crippen LogP) is 2.38. The van der Waals surface area contributed by atoms with Crippen LogP contribution in [0.5, 0.6) is 5.75 Å². The van der Waals surface area contributed by atoms with E-state index in [4.69, 9.17) is 4.74 Å². The maximum atomic E-state index is 5.68. The van der Waals surface area contributed by atoms with Gasteiger partial charge in [0, 0.05) is 7.05 Å². The van der Waals surface area contributed by atoms with Gasteiger partial charge in [-0.1, -0.05) is 19.3 Å². The van der Waals surface area contributed by atoms with E-state index >= 15 is 0 Å². The molecule has 1 aliphatic carbocycles. The maximum absolute atomic E-state index is 5.68. The molecule has 0 N–H and O–H groups in total. The Kier molecular flexibility index (Phi) is 3.07. The molecular formula is C11H18N2O. The molecule has 0 radical (unpaired) electrons. The molecule has 14 heavy (non-hydrogen) atoms. The highest BCUT2D eigenvalue weighted by atomic mass is 16.5. The molecular weight excluding hydrogens is 176 g/mol. The summed E-state index contributed by atoms with van der Waals surface area (Å²) in [6, 6.07) is 0. The van der Waals surface area contributed by atoms with Crippen LogP contribution < -0.4 is 4.74 Å². The van der Waals surface area contributed by atoms with Crippen molar-refractivity contribution in [1.82, 2.24) is 9.78 Å². The van der Waals surface area contributed by atoms with Gasteiger partial charge in [0.25, 0.3) is 0 Å². The highest BCUT2D eigenvalue weighted by Gasteiger charge is 2.13. The Bertz CT molecular complexity index is 277. The molecule has 1 aromatic rings. The quantitative estimate of drug-likeness (QED) is 0.738. The van der Waals surface area contributed by atoms with Crippen LogP contribution in [0.15, 0.2) is 12.4 Å². The number of aromatic nitrogens is 2. The molecule has 1 saturated carbocycles. The van der Waals surface area contributed by atoms with Gasteiger partial charge in [0.2, 0.25) is 0 Å². The van der Waals surface area contributed by atoms with Crippen LogP contribution in [-0.4, -0.2) is 16.4 Å². The zero-order valence-electron chi connectivity index (χ0n) is 8.78. The van der Waals surface area contributed by atoms with Crippen LogP contribution in [0.2, 0.25) is 0 Å². The third kappa shape index (κ3) is 2.50. The third-order valence-corrected chi connectivity index (χ3v) is 2.89. The van der Waals surface area contributed by atoms with E-state index in [1.165, 1.54) is 32.1 Å². The van der Waals surface area contributed by atoms with Gasteiger partial charge in [-0.2, -0.15) is 5.10 Å². The van der Waals surface area contributed by atoms with Crippen LogP contribution >= 0.6 is 0 Å². The largest absolute Gasteiger partial charge is 0.490 e. The van der Waals surface area contributed by atoms with Gasteiger partial charge in [-0.15, -0.1) is 0 Å². The normalized spacial score (nSPS) is 18.4. The zero-order chi connectivity index (χ0) is 9.80. The second kappa shape index (κ2) is 4.49. The first-order valence-electron chi connectivity index (χ1n) is 5.46. The number of aryl methyl sites for hydroxylation is 1. The minimum atomic E-state index is 0.768. The molecule has 3 nitrogen and oxygen atoms in total. The maximum Gasteiger partial charge on any atom is 0.157 e. The summed E-state index contributed by atoms with van der Waals surface area (Å²) in [5, 5.41) is 4.07. The molecule has 0 aliphatic heterocycles. The molecule has 1 aromatic heterocycles. The highest BCUT2D eigenvalue weighted by Crippen LogP contribution is 2.24. The smallest absolute Gasteiger partial charge is 0.157 e. The fraction of sp³-hybridized carbons (Fsp3) is 0.727. The SMILES string of the molecule is Cn1cc(OCC2CCCCC2)cn1. The number of hydrogen-bond acceptors (Lipinski definition) is 2. The fourth-order valence-electron chi connectivity index (χ4n) is 2.04. The molecule has 78 valence electrons. The molecule has 1 aliphatic rings. The Morgan fingerprint density at radius 2 is 2.21 bits per heavy atom. The van der Waals surface area contributed by atoms with Crippen LogP contribution in [0.3, 0.4) is 0 Å². The van der Waals surface area contributed by atoms with Crippen molar-refractivity contribution in [2.45, 2.75) is 32.1 Å². The molecule has 1 fully saturated rings. The predicted molar refractivity (Wildman–Crippen MR) is 55.3 cm³/mol. The molecule has 1 heterocycles. The second-order valence-electron chi connectivity index (χ2n) is 4.16. The van der Waals surface area contributed by atoms with Gasteiger partial charge in [-0.05, 0) is 18.8 Å². The van der Waals surface area contributed by atoms with Crippen molar-refractivity contribution in [3.05, 3.63) is 12.4 Å². The second-order valence-corrected chi connectivity index (χ2v) is 4.16. The summed E-state index contributed by atoms with van der Waals surface area (Å²) >= 11 is 0. The van der Waals surface area contributed by atoms with Gasteiger partial charge in [-0.25, -0.2) is 0 Å². The van der Waals surface area contributed by atoms with Crippen molar-refractivity contribution >= 4 is 0 Å². The first-order chi connectivity index (χ1) is 6.84. The summed E-state index contributed by atoms with van der Waals surface area (Å²) < 4.78 is 7.46. The van der Waals surface area contributed by atoms with E-state index in [1.54, 1.807) is 10.9 Å². The molecule has 0 aromatic carbocycles. The molecule has 0 atom stereocenters. The Labute approximate surface area is 85.1 Å². The summed E-state index contributed by atoms with van der Waals surface area (Å²) in [6.07, 6.45) is 10.5. The van der Waals surface area contributed by atoms with Gasteiger partial charge in [-0.3, -0.25) is 4.68 Å². The molecule has 2 rings (SSSR count). The topological polar surface area (TPSA) is 27.1 Å². The molecule has 0 unspecified atom stereocenters. The van der Waals surface area contributed by atoms with Gasteiger partial charge < -0.3 is 4.74 Å². The lowest BCUT2D eigenvalue weighted by Crippen LogP contribution is -2.14. The summed E-state index contributed by atoms with van der Waals surface area (Å²) in [5.74, 6) is 1.67. The van der Waals surface area contributed by atoms with E-state index in [9.17, 15) is 0 Å². The standard InChI is InChI=1S/C11H18N2O/c1-13-8-11(7-12-13)14-9-10-5-3-2-4-6-10/h7-8,10H,2-6,9H2,1H3. The zero-order valence-corrected chi connectivity index (χ0v) is 8.78. The lowest BCUT2D eigenvalue weighted by Gasteiger charge is -2.20. The number of nitrogens with zero attached hydrogens (tertiary/aromatic N) is 2. The monoisotopic (exact) mass is 194 g/mol. The molecule has 0 bridgehead atoms. The van der Waals surface area contributed by atoms with Crippen molar-refractivity contribution < 1.29 is 4.74 Å². The van der Waals surface area contributed by atoms with Crippen molar-refractivity contribution in [2.24, 2.45) is 13.0 Å². The van der Waals surface area contributed by atoms with Crippen LogP contribution in [0, 0.1) is 5.92 Å². The Balaban J connectivity index is 1.76. The first kappa shape index (κ1) is 9.56. The molecule has 0 saturated heterocycles. The summed E-state index contributed by atoms with van der Waals surface area (Å²) in [7, 11) is 1.91. The fourth-order valence-corrected chi connectivity index (χ4v) is 2.04. The average molecular weight is 194 g/mol. The number of hydrogen-bond donors (Lipinski definition) is 0. The van der Waals surface area contributed by atoms with Crippen LogP contribution in [0.25, 0.3) is 0 Å². The van der Waals surface area contributed by atoms with E-state index < -0.39 is 0 Å². The minimum Gasteiger partial charge on any atom is -0.490 e. The Morgan fingerprint density at radius 1 is 1.43 bits per heavy atom. The minimum absolute atomic E-state index is 0.768. The number of ether oxygens (including phenoxy) is 1. The van der Waals surface area contributed by atoms with Gasteiger partial charge in [0.05, 0.1) is 19.0 Å². The van der Waals surface area contributed by atoms with E-state index in [0.29, 0.717) is 0 Å². The van der Waals surface area contributed by atoms with Crippen LogP contribution in [0.1, 0.15) is 32.1 Å². The lowest BCUT2D eigenvalue weighted by atomic mass is 9.90. The summed E-state index contributed by atoms with van der Waals surface area (Å²) in [5.41, 5.74) is 0. The molecule has 0 amide bonds. The Hall–Kier alpha value is -0.990. The Morgan fingerprint density at radius 3 is 2.86 bits per heavy atom. The molecule has 3 heteroatoms. The lowest BCUT2D eigenvalue weighted by molar-refractivity contribution is 0.208. The van der Waals surface area contributed by atoms with Gasteiger partial charge in [0.1, 0.15) is 0 Å². The van der Waals surface area contributed by atoms with E-state index in [1.807, 2.05) is 13.2 Å². The van der Waals surface area contributed by atoms with Crippen molar-refractivity contribution in [2.75, 3.05) is 6.61 Å². The highest BCUT2D eigenvalue weighted by molar-refractivity contribution is 5.11. The first-order valence-corrected chi connectivity index (χ1v) is 5.46. The van der Waals surface area contributed by atoms with Crippen LogP contribution in [-0.2, 0) is 7.05 Å². The van der Waals surface area contributed by atoms with Crippen LogP contribution in [0.4, 0.5) is 0 Å². The van der Waals surface area contributed by atoms with Crippen molar-refractivity contribution in [3.8, 4) is 5.75 Å². The number of rotatable bonds is 3. The average Bonchev–Trinajstić information content (AvgIpc) is 2.63.